The van der Waals surface area contributed by atoms with Crippen molar-refractivity contribution in [1.29, 1.82) is 0 Å². The minimum Gasteiger partial charge on any atom is -0.497 e. The van der Waals surface area contributed by atoms with E-state index < -0.39 is 5.66 Å². The first-order chi connectivity index (χ1) is 12.5. The van der Waals surface area contributed by atoms with Crippen molar-refractivity contribution in [2.45, 2.75) is 5.66 Å². The molecule has 0 bridgehead atoms. The second-order valence-electron chi connectivity index (χ2n) is 6.15. The van der Waals surface area contributed by atoms with Crippen LogP contribution in [0.2, 0.25) is 0 Å². The van der Waals surface area contributed by atoms with Crippen LogP contribution in [0.25, 0.3) is 0 Å². The lowest BCUT2D eigenvalue weighted by Gasteiger charge is -2.22. The molecule has 0 saturated carbocycles. The summed E-state index contributed by atoms with van der Waals surface area (Å²) < 4.78 is 5.17. The van der Waals surface area contributed by atoms with Gasteiger partial charge in [0.25, 0.3) is 0 Å². The summed E-state index contributed by atoms with van der Waals surface area (Å²) in [5, 5.41) is 6.19. The second-order valence-corrected chi connectivity index (χ2v) is 6.15. The number of carbonyl (C=O) groups excluding carboxylic acids is 1. The van der Waals surface area contributed by atoms with E-state index in [1.54, 1.807) is 19.1 Å². The molecule has 0 radical (unpaired) electrons. The molecule has 2 aromatic carbocycles. The van der Waals surface area contributed by atoms with E-state index in [9.17, 15) is 4.79 Å². The van der Waals surface area contributed by atoms with Crippen LogP contribution in [0.4, 0.5) is 11.4 Å². The number of benzene rings is 2. The van der Waals surface area contributed by atoms with E-state index in [4.69, 9.17) is 10.5 Å². The van der Waals surface area contributed by atoms with Crippen LogP contribution in [0.5, 0.6) is 5.75 Å². The minimum absolute atomic E-state index is 0.141. The highest BCUT2D eigenvalue weighted by atomic mass is 16.5. The number of hydrogen-bond acceptors (Lipinski definition) is 5. The van der Waals surface area contributed by atoms with Gasteiger partial charge in [-0.3, -0.25) is 10.5 Å². The van der Waals surface area contributed by atoms with E-state index in [-0.39, 0.29) is 11.9 Å². The van der Waals surface area contributed by atoms with Gasteiger partial charge in [0.05, 0.1) is 24.0 Å². The lowest BCUT2D eigenvalue weighted by Crippen LogP contribution is -3.14. The average Bonchev–Trinajstić information content (AvgIpc) is 2.84. The Morgan fingerprint density at radius 2 is 1.88 bits per heavy atom. The fourth-order valence-corrected chi connectivity index (χ4v) is 3.30. The van der Waals surface area contributed by atoms with Gasteiger partial charge in [-0.2, -0.15) is 5.32 Å². The first kappa shape index (κ1) is 15.9. The molecule has 2 heterocycles. The van der Waals surface area contributed by atoms with Crippen LogP contribution in [0, 0.1) is 0 Å². The maximum atomic E-state index is 13.0. The predicted molar refractivity (Wildman–Crippen MR) is 97.4 cm³/mol. The summed E-state index contributed by atoms with van der Waals surface area (Å²) in [5.74, 6) is 1.40. The maximum Gasteiger partial charge on any atom is 0.361 e. The van der Waals surface area contributed by atoms with Crippen LogP contribution >= 0.6 is 0 Å². The molecule has 1 amide bonds. The molecule has 1 spiro atoms. The number of para-hydroxylation sites is 1. The molecular formula is C18H20N6O2+2. The number of methoxy groups -OCH3 is 1. The van der Waals surface area contributed by atoms with Crippen molar-refractivity contribution in [3.05, 3.63) is 54.1 Å². The molecule has 132 valence electrons. The average molecular weight is 352 g/mol. The van der Waals surface area contributed by atoms with Crippen LogP contribution in [-0.4, -0.2) is 32.0 Å². The monoisotopic (exact) mass is 352 g/mol. The van der Waals surface area contributed by atoms with Gasteiger partial charge in [-0.1, -0.05) is 12.1 Å². The number of nitrogens with two attached hydrogens (primary N) is 1. The van der Waals surface area contributed by atoms with Crippen molar-refractivity contribution >= 4 is 29.2 Å². The summed E-state index contributed by atoms with van der Waals surface area (Å²) in [7, 11) is 3.36. The largest absolute Gasteiger partial charge is 0.497 e. The van der Waals surface area contributed by atoms with Crippen molar-refractivity contribution in [3.8, 4) is 5.75 Å². The van der Waals surface area contributed by atoms with Crippen LogP contribution in [0.3, 0.4) is 0 Å². The van der Waals surface area contributed by atoms with Crippen molar-refractivity contribution in [2.75, 3.05) is 24.4 Å². The molecule has 4 rings (SSSR count). The Kier molecular flexibility index (Phi) is 3.54. The molecule has 0 saturated heterocycles. The summed E-state index contributed by atoms with van der Waals surface area (Å²) in [6.07, 6.45) is 0. The molecule has 0 aromatic heterocycles. The number of rotatable bonds is 2. The third kappa shape index (κ3) is 2.34. The van der Waals surface area contributed by atoms with Crippen LogP contribution in [0.1, 0.15) is 5.56 Å². The number of carbonyl (C=O) groups is 1. The number of amides is 1. The van der Waals surface area contributed by atoms with Crippen LogP contribution in [-0.2, 0) is 10.5 Å². The molecule has 0 unspecified atom stereocenters. The molecule has 8 nitrogen and oxygen atoms in total. The van der Waals surface area contributed by atoms with E-state index in [1.165, 1.54) is 0 Å². The van der Waals surface area contributed by atoms with Gasteiger partial charge in [-0.05, 0) is 36.4 Å². The molecule has 2 aromatic rings. The quantitative estimate of drug-likeness (QED) is 0.407. The smallest absolute Gasteiger partial charge is 0.361 e. The molecule has 0 aliphatic carbocycles. The highest BCUT2D eigenvalue weighted by Crippen LogP contribution is 2.32. The molecule has 1 atom stereocenters. The standard InChI is InChI=1S/C18H18N6O2/c1-24-14-6-4-3-5-13(14)18(15(24)25)22-16(19)21-17(23-18)20-11-7-9-12(26-2)10-8-11/h3-10H,1-2H3,(H4,19,20,21,22,23)/p+2/t18-/m0/s1. The first-order valence-electron chi connectivity index (χ1n) is 8.15. The Morgan fingerprint density at radius 3 is 2.62 bits per heavy atom. The van der Waals surface area contributed by atoms with Gasteiger partial charge in [-0.15, -0.1) is 0 Å². The third-order valence-corrected chi connectivity index (χ3v) is 4.55. The van der Waals surface area contributed by atoms with Gasteiger partial charge in [-0.25, -0.2) is 15.3 Å². The zero-order valence-electron chi connectivity index (χ0n) is 14.5. The molecule has 6 N–H and O–H groups in total. The van der Waals surface area contributed by atoms with Crippen LogP contribution in [0.15, 0.2) is 48.5 Å². The van der Waals surface area contributed by atoms with Gasteiger partial charge in [0, 0.05) is 7.05 Å². The van der Waals surface area contributed by atoms with E-state index in [0.717, 1.165) is 22.7 Å². The fraction of sp³-hybridized carbons (Fsp3) is 0.167. The maximum absolute atomic E-state index is 13.0. The number of nitrogens with zero attached hydrogens (tertiary/aromatic N) is 1. The summed E-state index contributed by atoms with van der Waals surface area (Å²) in [5.41, 5.74) is 7.35. The Labute approximate surface area is 150 Å². The molecule has 2 aliphatic rings. The summed E-state index contributed by atoms with van der Waals surface area (Å²) in [6.45, 7) is 0. The lowest BCUT2D eigenvalue weighted by atomic mass is 10.0. The fourth-order valence-electron chi connectivity index (χ4n) is 3.30. The van der Waals surface area contributed by atoms with Crippen molar-refractivity contribution in [3.63, 3.8) is 0 Å². The number of fused-ring (bicyclic) bond motifs is 2. The Morgan fingerprint density at radius 1 is 1.15 bits per heavy atom. The van der Waals surface area contributed by atoms with Crippen molar-refractivity contribution in [2.24, 2.45) is 5.73 Å². The number of likely N-dealkylation sites (N-methyl/N-ethyl adjacent to an activating group) is 1. The Balaban J connectivity index is 1.74. The van der Waals surface area contributed by atoms with E-state index in [0.29, 0.717) is 5.96 Å². The molecule has 2 aliphatic heterocycles. The molecule has 26 heavy (non-hydrogen) atoms. The number of nitrogens with one attached hydrogen (secondary N) is 4. The summed E-state index contributed by atoms with van der Waals surface area (Å²) in [4.78, 5) is 20.9. The molecular weight excluding hydrogens is 332 g/mol. The van der Waals surface area contributed by atoms with Crippen LogP contribution < -0.4 is 36.0 Å². The van der Waals surface area contributed by atoms with Gasteiger partial charge >= 0.3 is 23.5 Å². The van der Waals surface area contributed by atoms with Gasteiger partial charge < -0.3 is 9.64 Å². The second kappa shape index (κ2) is 5.76. The SMILES string of the molecule is COc1ccc(NC2=[NH+][C@]3([NH+]=C(N)N2)C(=O)N(C)c2ccccc23)cc1. The number of hydrogen-bond donors (Lipinski definition) is 5. The topological polar surface area (TPSA) is 108 Å². The highest BCUT2D eigenvalue weighted by Gasteiger charge is 2.55. The zero-order chi connectivity index (χ0) is 18.3. The number of anilines is 2. The zero-order valence-corrected chi connectivity index (χ0v) is 14.5. The van der Waals surface area contributed by atoms with Crippen molar-refractivity contribution in [1.82, 2.24) is 5.32 Å². The van der Waals surface area contributed by atoms with E-state index >= 15 is 0 Å². The Hall–Kier alpha value is -3.55. The molecule has 0 fully saturated rings. The summed E-state index contributed by atoms with van der Waals surface area (Å²) in [6, 6.07) is 15.0. The predicted octanol–water partition coefficient (Wildman–Crippen LogP) is -2.63. The third-order valence-electron chi connectivity index (χ3n) is 4.55. The lowest BCUT2D eigenvalue weighted by molar-refractivity contribution is -0.789. The normalized spacial score (nSPS) is 21.0. The number of ether oxygens (including phenoxy) is 1. The Bertz CT molecular complexity index is 937. The van der Waals surface area contributed by atoms with Gasteiger partial charge in [0.15, 0.2) is 0 Å². The van der Waals surface area contributed by atoms with Gasteiger partial charge in [0.1, 0.15) is 5.75 Å². The minimum atomic E-state index is -1.16. The molecule has 8 heteroatoms. The van der Waals surface area contributed by atoms with Crippen molar-refractivity contribution < 1.29 is 19.5 Å². The highest BCUT2D eigenvalue weighted by molar-refractivity contribution is 6.07. The van der Waals surface area contributed by atoms with E-state index in [2.05, 4.69) is 20.6 Å². The first-order valence-corrected chi connectivity index (χ1v) is 8.15. The summed E-state index contributed by atoms with van der Waals surface area (Å²) >= 11 is 0. The number of guanidine groups is 2. The van der Waals surface area contributed by atoms with E-state index in [1.807, 2.05) is 48.5 Å². The van der Waals surface area contributed by atoms with Gasteiger partial charge in [0.2, 0.25) is 0 Å².